The van der Waals surface area contributed by atoms with Crippen molar-refractivity contribution in [3.05, 3.63) is 23.2 Å². The normalized spacial score (nSPS) is 32.9. The second-order valence-corrected chi connectivity index (χ2v) is 9.41. The van der Waals surface area contributed by atoms with Gasteiger partial charge in [-0.2, -0.15) is 0 Å². The predicted molar refractivity (Wildman–Crippen MR) is 93.2 cm³/mol. The molecule has 0 atom stereocenters. The van der Waals surface area contributed by atoms with E-state index in [1.165, 1.54) is 49.9 Å². The average molecular weight is 358 g/mol. The summed E-state index contributed by atoms with van der Waals surface area (Å²) < 4.78 is 2.01. The molecule has 25 heavy (non-hydrogen) atoms. The molecule has 2 heterocycles. The lowest BCUT2D eigenvalue weighted by atomic mass is 9.49. The minimum atomic E-state index is -0.489. The van der Waals surface area contributed by atoms with Crippen molar-refractivity contribution in [2.24, 2.45) is 23.2 Å². The highest BCUT2D eigenvalue weighted by Gasteiger charge is 2.51. The maximum Gasteiger partial charge on any atom is 0.284 e. The Kier molecular flexibility index (Phi) is 3.50. The molecule has 0 saturated heterocycles. The fraction of sp³-hybridized carbons (Fsp3) is 0.611. The summed E-state index contributed by atoms with van der Waals surface area (Å²) >= 11 is 1.31. The summed E-state index contributed by atoms with van der Waals surface area (Å²) in [6, 6.07) is 3.55. The van der Waals surface area contributed by atoms with Crippen LogP contribution in [0.3, 0.4) is 0 Å². The molecule has 0 aliphatic heterocycles. The van der Waals surface area contributed by atoms with Gasteiger partial charge < -0.3 is 0 Å². The van der Waals surface area contributed by atoms with Gasteiger partial charge in [-0.05, 0) is 73.8 Å². The number of nitrogens with zero attached hydrogens (tertiary/aromatic N) is 3. The zero-order valence-corrected chi connectivity index (χ0v) is 14.8. The van der Waals surface area contributed by atoms with E-state index in [1.807, 2.05) is 16.9 Å². The molecule has 4 saturated carbocycles. The van der Waals surface area contributed by atoms with E-state index in [0.29, 0.717) is 10.3 Å². The van der Waals surface area contributed by atoms with Gasteiger partial charge in [-0.1, -0.05) is 5.21 Å². The van der Waals surface area contributed by atoms with Crippen LogP contribution in [0.2, 0.25) is 0 Å². The molecule has 0 aromatic carbocycles. The number of hydrogen-bond acceptors (Lipinski definition) is 5. The van der Waals surface area contributed by atoms with Crippen molar-refractivity contribution >= 4 is 17.2 Å². The molecular weight excluding hydrogens is 336 g/mol. The van der Waals surface area contributed by atoms with Crippen LogP contribution in [0.4, 0.5) is 0 Å². The summed E-state index contributed by atoms with van der Waals surface area (Å²) in [7, 11) is 0. The van der Waals surface area contributed by atoms with Crippen LogP contribution in [-0.4, -0.2) is 26.1 Å². The number of carbonyl (C=O) groups excluding carboxylic acids is 1. The highest BCUT2D eigenvalue weighted by molar-refractivity contribution is 7.17. The smallest absolute Gasteiger partial charge is 0.284 e. The molecule has 132 valence electrons. The molecule has 6 rings (SSSR count). The van der Waals surface area contributed by atoms with Crippen LogP contribution in [0.5, 0.6) is 0 Å². The van der Waals surface area contributed by atoms with Gasteiger partial charge in [-0.15, -0.1) is 16.4 Å². The van der Waals surface area contributed by atoms with E-state index in [-0.39, 0.29) is 0 Å². The SMILES string of the molecule is O=C(NO)c1ccc(-c2cn(CC34CC5CC(CC(C5)C3)C4)nn2)s1. The highest BCUT2D eigenvalue weighted by atomic mass is 32.1. The van der Waals surface area contributed by atoms with Crippen LogP contribution in [-0.2, 0) is 6.54 Å². The third-order valence-electron chi connectivity index (χ3n) is 6.38. The average Bonchev–Trinajstić information content (AvgIpc) is 3.21. The van der Waals surface area contributed by atoms with Crippen LogP contribution in [0.15, 0.2) is 18.3 Å². The molecule has 1 amide bonds. The van der Waals surface area contributed by atoms with Gasteiger partial charge in [0.05, 0.1) is 16.0 Å². The molecule has 2 aromatic rings. The van der Waals surface area contributed by atoms with Gasteiger partial charge >= 0.3 is 0 Å². The van der Waals surface area contributed by atoms with Gasteiger partial charge in [0.1, 0.15) is 5.69 Å². The fourth-order valence-electron chi connectivity index (χ4n) is 5.97. The van der Waals surface area contributed by atoms with Crippen LogP contribution >= 0.6 is 11.3 Å². The summed E-state index contributed by atoms with van der Waals surface area (Å²) in [6.07, 6.45) is 10.4. The third-order valence-corrected chi connectivity index (χ3v) is 7.49. The minimum absolute atomic E-state index is 0.428. The van der Waals surface area contributed by atoms with E-state index in [9.17, 15) is 4.79 Å². The lowest BCUT2D eigenvalue weighted by Gasteiger charge is -2.56. The van der Waals surface area contributed by atoms with E-state index in [2.05, 4.69) is 10.3 Å². The fourth-order valence-corrected chi connectivity index (χ4v) is 6.81. The van der Waals surface area contributed by atoms with Gasteiger partial charge in [0.15, 0.2) is 0 Å². The van der Waals surface area contributed by atoms with Crippen LogP contribution in [0, 0.1) is 23.2 Å². The van der Waals surface area contributed by atoms with E-state index >= 15 is 0 Å². The molecule has 2 aromatic heterocycles. The number of aromatic nitrogens is 3. The number of hydrogen-bond donors (Lipinski definition) is 2. The summed E-state index contributed by atoms with van der Waals surface area (Å²) in [5.41, 5.74) is 2.89. The first-order valence-corrected chi connectivity index (χ1v) is 9.89. The topological polar surface area (TPSA) is 80.0 Å². The molecule has 4 bridgehead atoms. The number of carbonyl (C=O) groups is 1. The predicted octanol–water partition coefficient (Wildman–Crippen LogP) is 3.34. The molecule has 0 unspecified atom stereocenters. The number of nitrogens with one attached hydrogen (secondary N) is 1. The Morgan fingerprint density at radius 1 is 1.24 bits per heavy atom. The van der Waals surface area contributed by atoms with E-state index < -0.39 is 5.91 Å². The van der Waals surface area contributed by atoms with Crippen molar-refractivity contribution < 1.29 is 10.0 Å². The van der Waals surface area contributed by atoms with E-state index in [0.717, 1.165) is 34.9 Å². The van der Waals surface area contributed by atoms with Crippen molar-refractivity contribution in [2.75, 3.05) is 0 Å². The zero-order valence-electron chi connectivity index (χ0n) is 14.0. The number of thiophene rings is 1. The molecule has 7 heteroatoms. The summed E-state index contributed by atoms with van der Waals surface area (Å²) in [5, 5.41) is 17.4. The molecule has 4 fully saturated rings. The first kappa shape index (κ1) is 15.5. The first-order chi connectivity index (χ1) is 12.1. The van der Waals surface area contributed by atoms with Crippen molar-refractivity contribution in [3.63, 3.8) is 0 Å². The summed E-state index contributed by atoms with van der Waals surface area (Å²) in [6.45, 7) is 0.971. The van der Waals surface area contributed by atoms with Gasteiger partial charge in [-0.25, -0.2) is 5.48 Å². The second-order valence-electron chi connectivity index (χ2n) is 8.32. The van der Waals surface area contributed by atoms with Gasteiger partial charge in [-0.3, -0.25) is 14.7 Å². The standard InChI is InChI=1S/C18H22N4O2S/c23-17(20-24)16-2-1-15(25-16)14-9-22(21-19-14)10-18-6-11-3-12(7-18)5-13(4-11)8-18/h1-2,9,11-13,24H,3-8,10H2,(H,20,23). The Balaban J connectivity index is 1.35. The summed E-state index contributed by atoms with van der Waals surface area (Å²) in [4.78, 5) is 12.9. The molecule has 4 aliphatic carbocycles. The Labute approximate surface area is 150 Å². The molecule has 6 nitrogen and oxygen atoms in total. The second kappa shape index (κ2) is 5.64. The maximum absolute atomic E-state index is 11.5. The molecule has 4 aliphatic rings. The van der Waals surface area contributed by atoms with Crippen LogP contribution in [0.25, 0.3) is 10.6 Å². The minimum Gasteiger partial charge on any atom is -0.288 e. The number of rotatable bonds is 4. The quantitative estimate of drug-likeness (QED) is 0.649. The Hall–Kier alpha value is -1.73. The number of amides is 1. The Morgan fingerprint density at radius 3 is 2.56 bits per heavy atom. The van der Waals surface area contributed by atoms with E-state index in [4.69, 9.17) is 5.21 Å². The van der Waals surface area contributed by atoms with Crippen molar-refractivity contribution in [1.82, 2.24) is 20.5 Å². The lowest BCUT2D eigenvalue weighted by Crippen LogP contribution is -2.48. The van der Waals surface area contributed by atoms with E-state index in [1.54, 1.807) is 11.5 Å². The van der Waals surface area contributed by atoms with Crippen molar-refractivity contribution in [1.29, 1.82) is 0 Å². The first-order valence-electron chi connectivity index (χ1n) is 9.07. The Bertz CT molecular complexity index is 776. The van der Waals surface area contributed by atoms with Crippen LogP contribution in [0.1, 0.15) is 48.2 Å². The number of hydroxylamine groups is 1. The largest absolute Gasteiger partial charge is 0.288 e. The van der Waals surface area contributed by atoms with Gasteiger partial charge in [0.2, 0.25) is 0 Å². The Morgan fingerprint density at radius 2 is 1.92 bits per heavy atom. The maximum atomic E-state index is 11.5. The van der Waals surface area contributed by atoms with Crippen molar-refractivity contribution in [2.45, 2.75) is 45.1 Å². The lowest BCUT2D eigenvalue weighted by molar-refractivity contribution is -0.0637. The summed E-state index contributed by atoms with van der Waals surface area (Å²) in [5.74, 6) is 2.32. The molecule has 0 spiro atoms. The monoisotopic (exact) mass is 358 g/mol. The molecule has 2 N–H and O–H groups in total. The molecular formula is C18H22N4O2S. The van der Waals surface area contributed by atoms with Gasteiger partial charge in [0, 0.05) is 6.54 Å². The highest BCUT2D eigenvalue weighted by Crippen LogP contribution is 2.60. The zero-order chi connectivity index (χ0) is 17.0. The van der Waals surface area contributed by atoms with Crippen LogP contribution < -0.4 is 5.48 Å². The third kappa shape index (κ3) is 2.69. The van der Waals surface area contributed by atoms with Crippen molar-refractivity contribution in [3.8, 4) is 10.6 Å². The van der Waals surface area contributed by atoms with Gasteiger partial charge in [0.25, 0.3) is 5.91 Å². The molecule has 0 radical (unpaired) electrons.